The summed E-state index contributed by atoms with van der Waals surface area (Å²) in [4.78, 5) is 0. The number of aliphatic hydroxyl groups excluding tert-OH is 1. The third-order valence-electron chi connectivity index (χ3n) is 1.08. The van der Waals surface area contributed by atoms with Gasteiger partial charge in [-0.2, -0.15) is 0 Å². The average molecular weight is 213 g/mol. The Bertz CT molecular complexity index is 137. The fourth-order valence-electron chi connectivity index (χ4n) is 0.558. The molecule has 0 amide bonds. The molecule has 80 valence electrons. The zero-order valence-electron chi connectivity index (χ0n) is 7.56. The van der Waals surface area contributed by atoms with Crippen LogP contribution < -0.4 is 5.73 Å². The van der Waals surface area contributed by atoms with Gasteiger partial charge in [0.05, 0.1) is 19.8 Å². The van der Waals surface area contributed by atoms with Gasteiger partial charge in [-0.05, 0) is 6.92 Å². The van der Waals surface area contributed by atoms with E-state index in [1.54, 1.807) is 0 Å². The molecule has 1 aliphatic heterocycles. The number of ether oxygens (including phenoxy) is 1. The molecule has 1 unspecified atom stereocenters. The molecule has 3 N–H and O–H groups in total. The van der Waals surface area contributed by atoms with E-state index in [1.807, 2.05) is 6.92 Å². The van der Waals surface area contributed by atoms with Gasteiger partial charge >= 0.3 is 8.25 Å². The molecule has 0 bridgehead atoms. The minimum Gasteiger partial charge on any atom is -0.392 e. The first-order valence-corrected chi connectivity index (χ1v) is 5.20. The standard InChI is InChI=1S/C4H11NO2.C2H5O3P/c1-2-7-4(5)3-6;3-6-4-1-2-5-6/h4,6H,2-3,5H2,1H3;6H,1-2H2. The topological polar surface area (TPSA) is 91.0 Å². The summed E-state index contributed by atoms with van der Waals surface area (Å²) < 4.78 is 23.7. The first-order valence-electron chi connectivity index (χ1n) is 3.98. The van der Waals surface area contributed by atoms with Gasteiger partial charge in [0.1, 0.15) is 6.23 Å². The lowest BCUT2D eigenvalue weighted by Crippen LogP contribution is -2.27. The fraction of sp³-hybridized carbons (Fsp3) is 1.00. The van der Waals surface area contributed by atoms with Crippen LogP contribution in [0.15, 0.2) is 0 Å². The van der Waals surface area contributed by atoms with Crippen molar-refractivity contribution in [2.45, 2.75) is 13.2 Å². The van der Waals surface area contributed by atoms with Crippen molar-refractivity contribution in [2.24, 2.45) is 5.73 Å². The van der Waals surface area contributed by atoms with Gasteiger partial charge in [0, 0.05) is 6.61 Å². The number of nitrogens with two attached hydrogens (primary N) is 1. The van der Waals surface area contributed by atoms with E-state index in [0.29, 0.717) is 19.8 Å². The molecule has 1 aliphatic rings. The van der Waals surface area contributed by atoms with E-state index in [2.05, 4.69) is 9.05 Å². The van der Waals surface area contributed by atoms with Crippen molar-refractivity contribution in [3.05, 3.63) is 0 Å². The van der Waals surface area contributed by atoms with E-state index in [-0.39, 0.29) is 6.61 Å². The lowest BCUT2D eigenvalue weighted by molar-refractivity contribution is 0.0246. The zero-order chi connectivity index (χ0) is 10.1. The van der Waals surface area contributed by atoms with Crippen molar-refractivity contribution < 1.29 is 23.5 Å². The Morgan fingerprint density at radius 2 is 2.15 bits per heavy atom. The zero-order valence-corrected chi connectivity index (χ0v) is 8.56. The Morgan fingerprint density at radius 1 is 1.62 bits per heavy atom. The summed E-state index contributed by atoms with van der Waals surface area (Å²) in [6, 6.07) is 0. The van der Waals surface area contributed by atoms with Crippen molar-refractivity contribution in [1.29, 1.82) is 0 Å². The van der Waals surface area contributed by atoms with Crippen LogP contribution in [0.2, 0.25) is 0 Å². The third kappa shape index (κ3) is 8.36. The van der Waals surface area contributed by atoms with Crippen LogP contribution in [0.4, 0.5) is 0 Å². The first-order chi connectivity index (χ1) is 6.20. The summed E-state index contributed by atoms with van der Waals surface area (Å²) in [5, 5.41) is 8.22. The molecule has 6 nitrogen and oxygen atoms in total. The summed E-state index contributed by atoms with van der Waals surface area (Å²) >= 11 is 0. The van der Waals surface area contributed by atoms with Crippen molar-refractivity contribution in [2.75, 3.05) is 26.4 Å². The lowest BCUT2D eigenvalue weighted by atomic mass is 10.6. The second-order valence-electron chi connectivity index (χ2n) is 2.12. The van der Waals surface area contributed by atoms with Crippen LogP contribution in [0.3, 0.4) is 0 Å². The van der Waals surface area contributed by atoms with Crippen LogP contribution >= 0.6 is 8.25 Å². The second-order valence-corrected chi connectivity index (χ2v) is 3.20. The molecular weight excluding hydrogens is 197 g/mol. The fourth-order valence-corrected chi connectivity index (χ4v) is 1.14. The Kier molecular flexibility index (Phi) is 8.64. The molecule has 1 fully saturated rings. The highest BCUT2D eigenvalue weighted by atomic mass is 31.1. The third-order valence-corrected chi connectivity index (χ3v) is 1.96. The quantitative estimate of drug-likeness (QED) is 0.495. The van der Waals surface area contributed by atoms with Gasteiger partial charge in [-0.1, -0.05) is 0 Å². The van der Waals surface area contributed by atoms with E-state index >= 15 is 0 Å². The van der Waals surface area contributed by atoms with Gasteiger partial charge in [0.15, 0.2) is 0 Å². The molecule has 0 spiro atoms. The Labute approximate surface area is 77.9 Å². The number of hydrogen-bond donors (Lipinski definition) is 2. The van der Waals surface area contributed by atoms with Crippen LogP contribution in [0.1, 0.15) is 6.92 Å². The van der Waals surface area contributed by atoms with Gasteiger partial charge < -0.3 is 24.6 Å². The molecule has 0 radical (unpaired) electrons. The molecule has 13 heavy (non-hydrogen) atoms. The maximum Gasteiger partial charge on any atom is 0.319 e. The molecule has 0 aromatic rings. The van der Waals surface area contributed by atoms with E-state index in [1.165, 1.54) is 0 Å². The van der Waals surface area contributed by atoms with E-state index in [4.69, 9.17) is 15.6 Å². The molecular formula is C6H16NO5P. The first kappa shape index (κ1) is 13.0. The molecule has 1 heterocycles. The molecule has 1 saturated heterocycles. The smallest absolute Gasteiger partial charge is 0.319 e. The minimum absolute atomic E-state index is 0.103. The maximum atomic E-state index is 9.98. The molecule has 0 aromatic carbocycles. The summed E-state index contributed by atoms with van der Waals surface area (Å²) in [5.41, 5.74) is 5.11. The lowest BCUT2D eigenvalue weighted by Gasteiger charge is -2.05. The van der Waals surface area contributed by atoms with E-state index < -0.39 is 14.5 Å². The van der Waals surface area contributed by atoms with E-state index in [9.17, 15) is 4.57 Å². The number of hydrogen-bond acceptors (Lipinski definition) is 6. The van der Waals surface area contributed by atoms with Crippen molar-refractivity contribution in [3.8, 4) is 0 Å². The molecule has 7 heteroatoms. The van der Waals surface area contributed by atoms with Crippen molar-refractivity contribution in [3.63, 3.8) is 0 Å². The second kappa shape index (κ2) is 8.62. The monoisotopic (exact) mass is 213 g/mol. The Morgan fingerprint density at radius 3 is 2.31 bits per heavy atom. The van der Waals surface area contributed by atoms with Crippen LogP contribution in [-0.4, -0.2) is 37.8 Å². The summed E-state index contributed by atoms with van der Waals surface area (Å²) in [6.45, 7) is 3.28. The largest absolute Gasteiger partial charge is 0.392 e. The predicted octanol–water partition coefficient (Wildman–Crippen LogP) is -0.277. The number of aliphatic hydroxyl groups is 1. The molecule has 0 saturated carbocycles. The van der Waals surface area contributed by atoms with Crippen molar-refractivity contribution >= 4 is 8.25 Å². The SMILES string of the molecule is CCOC(N)CO.O=[PH]1OCCO1. The van der Waals surface area contributed by atoms with Crippen LogP contribution in [0, 0.1) is 0 Å². The van der Waals surface area contributed by atoms with Gasteiger partial charge in [0.25, 0.3) is 0 Å². The highest BCUT2D eigenvalue weighted by Gasteiger charge is 2.05. The molecule has 1 atom stereocenters. The average Bonchev–Trinajstić information content (AvgIpc) is 2.57. The van der Waals surface area contributed by atoms with Crippen LogP contribution in [-0.2, 0) is 18.3 Å². The Balaban J connectivity index is 0.000000223. The van der Waals surface area contributed by atoms with Crippen LogP contribution in [0.5, 0.6) is 0 Å². The van der Waals surface area contributed by atoms with Gasteiger partial charge in [-0.25, -0.2) is 0 Å². The molecule has 0 aliphatic carbocycles. The summed E-state index contributed by atoms with van der Waals surface area (Å²) in [5.74, 6) is 0. The van der Waals surface area contributed by atoms with E-state index in [0.717, 1.165) is 0 Å². The summed E-state index contributed by atoms with van der Waals surface area (Å²) in [6.07, 6.45) is -0.495. The molecule has 1 rings (SSSR count). The number of rotatable bonds is 3. The normalized spacial score (nSPS) is 19.3. The van der Waals surface area contributed by atoms with Gasteiger partial charge in [-0.15, -0.1) is 0 Å². The van der Waals surface area contributed by atoms with Crippen molar-refractivity contribution in [1.82, 2.24) is 0 Å². The highest BCUT2D eigenvalue weighted by Crippen LogP contribution is 2.27. The van der Waals surface area contributed by atoms with Gasteiger partial charge in [-0.3, -0.25) is 4.57 Å². The summed E-state index contributed by atoms with van der Waals surface area (Å²) in [7, 11) is -2.01. The van der Waals surface area contributed by atoms with Crippen LogP contribution in [0.25, 0.3) is 0 Å². The maximum absolute atomic E-state index is 9.98. The Hall–Kier alpha value is 0.0300. The minimum atomic E-state index is -2.01. The molecule has 0 aromatic heterocycles. The van der Waals surface area contributed by atoms with Gasteiger partial charge in [0.2, 0.25) is 0 Å². The highest BCUT2D eigenvalue weighted by molar-refractivity contribution is 7.33. The predicted molar refractivity (Wildman–Crippen MR) is 47.6 cm³/mol.